The number of fused-ring (bicyclic) bond motifs is 1. The van der Waals surface area contributed by atoms with Crippen LogP contribution >= 0.6 is 0 Å². The van der Waals surface area contributed by atoms with Crippen LogP contribution in [0.4, 0.5) is 11.4 Å². The highest BCUT2D eigenvalue weighted by Crippen LogP contribution is 2.42. The Bertz CT molecular complexity index is 817. The second-order valence-electron chi connectivity index (χ2n) is 7.41. The van der Waals surface area contributed by atoms with E-state index in [0.29, 0.717) is 30.0 Å². The number of benzene rings is 1. The number of nitrogens with one attached hydrogen (secondary N) is 1. The summed E-state index contributed by atoms with van der Waals surface area (Å²) in [5, 5.41) is 5.22. The van der Waals surface area contributed by atoms with Crippen LogP contribution < -0.4 is 15.3 Å². The van der Waals surface area contributed by atoms with Gasteiger partial charge in [0, 0.05) is 32.6 Å². The SMILES string of the molecule is O=C1c2ccc(N3CCCC3)c(N3CCCC3)c2C(=O)N1/N=C1\CCON1. The molecule has 0 saturated carbocycles. The molecule has 8 nitrogen and oxygen atoms in total. The Balaban J connectivity index is 1.60. The van der Waals surface area contributed by atoms with Gasteiger partial charge >= 0.3 is 0 Å². The molecule has 142 valence electrons. The zero-order valence-electron chi connectivity index (χ0n) is 15.2. The first-order valence-electron chi connectivity index (χ1n) is 9.75. The van der Waals surface area contributed by atoms with Gasteiger partial charge in [0.1, 0.15) is 5.84 Å². The second-order valence-corrected chi connectivity index (χ2v) is 7.41. The maximum atomic E-state index is 13.2. The number of nitrogens with zero attached hydrogens (tertiary/aromatic N) is 4. The quantitative estimate of drug-likeness (QED) is 0.818. The first-order valence-corrected chi connectivity index (χ1v) is 9.75. The number of carbonyl (C=O) groups is 2. The van der Waals surface area contributed by atoms with Crippen molar-refractivity contribution in [1.29, 1.82) is 0 Å². The van der Waals surface area contributed by atoms with Gasteiger partial charge in [0.15, 0.2) is 0 Å². The number of hydrazone groups is 1. The van der Waals surface area contributed by atoms with Crippen LogP contribution in [0.15, 0.2) is 17.2 Å². The molecule has 5 rings (SSSR count). The lowest BCUT2D eigenvalue weighted by Crippen LogP contribution is -2.29. The van der Waals surface area contributed by atoms with E-state index in [0.717, 1.165) is 68.2 Å². The van der Waals surface area contributed by atoms with Crippen molar-refractivity contribution in [1.82, 2.24) is 10.5 Å². The van der Waals surface area contributed by atoms with Gasteiger partial charge in [0.2, 0.25) is 0 Å². The highest BCUT2D eigenvalue weighted by molar-refractivity contribution is 6.25. The van der Waals surface area contributed by atoms with E-state index in [1.165, 1.54) is 0 Å². The third-order valence-corrected chi connectivity index (χ3v) is 5.71. The van der Waals surface area contributed by atoms with Crippen LogP contribution in [0.1, 0.15) is 52.8 Å². The number of anilines is 2. The number of hydroxylamine groups is 1. The molecule has 0 atom stereocenters. The van der Waals surface area contributed by atoms with E-state index in [-0.39, 0.29) is 11.8 Å². The van der Waals surface area contributed by atoms with Crippen LogP contribution in [0.3, 0.4) is 0 Å². The minimum atomic E-state index is -0.357. The molecule has 2 amide bonds. The van der Waals surface area contributed by atoms with Crippen molar-refractivity contribution in [2.75, 3.05) is 42.6 Å². The average Bonchev–Trinajstić information content (AvgIpc) is 3.47. The van der Waals surface area contributed by atoms with Crippen molar-refractivity contribution in [3.05, 3.63) is 23.3 Å². The lowest BCUT2D eigenvalue weighted by Gasteiger charge is -2.28. The van der Waals surface area contributed by atoms with Gasteiger partial charge in [-0.3, -0.25) is 19.9 Å². The summed E-state index contributed by atoms with van der Waals surface area (Å²) in [4.78, 5) is 35.8. The fraction of sp³-hybridized carbons (Fsp3) is 0.526. The summed E-state index contributed by atoms with van der Waals surface area (Å²) >= 11 is 0. The Hall–Kier alpha value is -2.61. The summed E-state index contributed by atoms with van der Waals surface area (Å²) < 4.78 is 0. The minimum absolute atomic E-state index is 0.334. The van der Waals surface area contributed by atoms with Gasteiger partial charge in [-0.2, -0.15) is 5.01 Å². The molecule has 0 aromatic heterocycles. The number of carbonyl (C=O) groups excluding carboxylic acids is 2. The third kappa shape index (κ3) is 2.66. The molecule has 4 heterocycles. The summed E-state index contributed by atoms with van der Waals surface area (Å²) in [7, 11) is 0. The molecular formula is C19H23N5O3. The molecule has 4 aliphatic heterocycles. The van der Waals surface area contributed by atoms with Crippen molar-refractivity contribution in [3.63, 3.8) is 0 Å². The number of rotatable bonds is 3. The molecule has 0 unspecified atom stereocenters. The molecular weight excluding hydrogens is 346 g/mol. The Kier molecular flexibility index (Phi) is 4.00. The number of amidine groups is 1. The summed E-state index contributed by atoms with van der Waals surface area (Å²) in [6.07, 6.45) is 5.10. The molecule has 1 N–H and O–H groups in total. The van der Waals surface area contributed by atoms with Crippen LogP contribution in [-0.2, 0) is 4.84 Å². The molecule has 3 fully saturated rings. The van der Waals surface area contributed by atoms with Gasteiger partial charge in [-0.25, -0.2) is 0 Å². The maximum absolute atomic E-state index is 13.2. The minimum Gasteiger partial charge on any atom is -0.370 e. The zero-order chi connectivity index (χ0) is 18.4. The summed E-state index contributed by atoms with van der Waals surface area (Å²) in [6.45, 7) is 4.32. The van der Waals surface area contributed by atoms with Gasteiger partial charge in [-0.15, -0.1) is 5.10 Å². The Morgan fingerprint density at radius 1 is 0.926 bits per heavy atom. The van der Waals surface area contributed by atoms with Gasteiger partial charge in [0.25, 0.3) is 11.8 Å². The van der Waals surface area contributed by atoms with Gasteiger partial charge in [-0.1, -0.05) is 0 Å². The lowest BCUT2D eigenvalue weighted by molar-refractivity contribution is 0.0655. The van der Waals surface area contributed by atoms with Crippen LogP contribution in [0.25, 0.3) is 0 Å². The Morgan fingerprint density at radius 3 is 2.30 bits per heavy atom. The monoisotopic (exact) mass is 369 g/mol. The van der Waals surface area contributed by atoms with E-state index < -0.39 is 0 Å². The van der Waals surface area contributed by atoms with E-state index in [2.05, 4.69) is 20.4 Å². The van der Waals surface area contributed by atoms with E-state index in [1.807, 2.05) is 6.07 Å². The highest BCUT2D eigenvalue weighted by Gasteiger charge is 2.41. The number of hydrogen-bond donors (Lipinski definition) is 1. The summed E-state index contributed by atoms with van der Waals surface area (Å²) in [5.41, 5.74) is 5.62. The fourth-order valence-corrected chi connectivity index (χ4v) is 4.38. The molecule has 0 aliphatic carbocycles. The molecule has 1 aromatic rings. The van der Waals surface area contributed by atoms with E-state index >= 15 is 0 Å². The van der Waals surface area contributed by atoms with Crippen LogP contribution in [-0.4, -0.2) is 55.4 Å². The standard InChI is InChI=1S/C19H23N5O3/c25-18-13-5-6-14(22-8-1-2-9-22)17(23-10-3-4-11-23)16(13)19(26)24(18)20-15-7-12-27-21-15/h5-6H,1-4,7-12H2,(H,20,21). The molecule has 0 spiro atoms. The zero-order valence-corrected chi connectivity index (χ0v) is 15.2. The number of imide groups is 1. The first kappa shape index (κ1) is 16.6. The second kappa shape index (κ2) is 6.53. The van der Waals surface area contributed by atoms with Crippen molar-refractivity contribution in [2.24, 2.45) is 5.10 Å². The van der Waals surface area contributed by atoms with Gasteiger partial charge < -0.3 is 9.80 Å². The van der Waals surface area contributed by atoms with Crippen molar-refractivity contribution in [3.8, 4) is 0 Å². The van der Waals surface area contributed by atoms with Gasteiger partial charge in [-0.05, 0) is 37.8 Å². The summed E-state index contributed by atoms with van der Waals surface area (Å²) in [6, 6.07) is 3.80. The molecule has 8 heteroatoms. The molecule has 27 heavy (non-hydrogen) atoms. The van der Waals surface area contributed by atoms with Crippen molar-refractivity contribution < 1.29 is 14.4 Å². The highest BCUT2D eigenvalue weighted by atomic mass is 16.7. The lowest BCUT2D eigenvalue weighted by atomic mass is 10.0. The first-order chi connectivity index (χ1) is 13.2. The molecule has 3 saturated heterocycles. The largest absolute Gasteiger partial charge is 0.370 e. The van der Waals surface area contributed by atoms with Crippen molar-refractivity contribution >= 4 is 29.0 Å². The van der Waals surface area contributed by atoms with E-state index in [4.69, 9.17) is 4.84 Å². The fourth-order valence-electron chi connectivity index (χ4n) is 4.38. The topological polar surface area (TPSA) is 77.5 Å². The molecule has 0 bridgehead atoms. The number of amides is 2. The van der Waals surface area contributed by atoms with E-state index in [1.54, 1.807) is 6.07 Å². The summed E-state index contributed by atoms with van der Waals surface area (Å²) in [5.74, 6) is -0.184. The van der Waals surface area contributed by atoms with Gasteiger partial charge in [0.05, 0.1) is 29.1 Å². The van der Waals surface area contributed by atoms with Crippen LogP contribution in [0.5, 0.6) is 0 Å². The average molecular weight is 369 g/mol. The maximum Gasteiger partial charge on any atom is 0.284 e. The van der Waals surface area contributed by atoms with Crippen LogP contribution in [0.2, 0.25) is 0 Å². The molecule has 0 radical (unpaired) electrons. The molecule has 4 aliphatic rings. The van der Waals surface area contributed by atoms with E-state index in [9.17, 15) is 9.59 Å². The number of hydrogen-bond acceptors (Lipinski definition) is 6. The van der Waals surface area contributed by atoms with Crippen molar-refractivity contribution in [2.45, 2.75) is 32.1 Å². The predicted octanol–water partition coefficient (Wildman–Crippen LogP) is 1.72. The Labute approximate surface area is 157 Å². The smallest absolute Gasteiger partial charge is 0.284 e. The third-order valence-electron chi connectivity index (χ3n) is 5.71. The Morgan fingerprint density at radius 2 is 1.63 bits per heavy atom. The molecule has 1 aromatic carbocycles. The predicted molar refractivity (Wildman–Crippen MR) is 101 cm³/mol. The van der Waals surface area contributed by atoms with Crippen LogP contribution in [0, 0.1) is 0 Å². The normalized spacial score (nSPS) is 23.7.